The van der Waals surface area contributed by atoms with Crippen molar-refractivity contribution in [2.45, 2.75) is 11.1 Å². The molecule has 7 heteroatoms. The van der Waals surface area contributed by atoms with Crippen molar-refractivity contribution in [3.05, 3.63) is 78.4 Å². The fraction of sp³-hybridized carbons (Fsp3) is 0.0435. The summed E-state index contributed by atoms with van der Waals surface area (Å²) in [5.74, 6) is 0. The van der Waals surface area contributed by atoms with Gasteiger partial charge in [0.15, 0.2) is 0 Å². The lowest BCUT2D eigenvalue weighted by molar-refractivity contribution is -0.137. The highest BCUT2D eigenvalue weighted by Gasteiger charge is 2.37. The fourth-order valence-corrected chi connectivity index (χ4v) is 6.23. The van der Waals surface area contributed by atoms with Crippen molar-refractivity contribution in [3.63, 3.8) is 0 Å². The van der Waals surface area contributed by atoms with Gasteiger partial charge in [0.25, 0.3) is 10.0 Å². The first-order valence-corrected chi connectivity index (χ1v) is 10.6. The number of hydrogen-bond acceptors (Lipinski definition) is 2. The summed E-state index contributed by atoms with van der Waals surface area (Å²) in [5.41, 5.74) is 0.617. The summed E-state index contributed by atoms with van der Waals surface area (Å²) < 4.78 is 68.6. The van der Waals surface area contributed by atoms with E-state index in [-0.39, 0.29) is 10.5 Å². The van der Waals surface area contributed by atoms with Crippen LogP contribution in [0.25, 0.3) is 43.7 Å². The summed E-state index contributed by atoms with van der Waals surface area (Å²) in [6.07, 6.45) is -4.57. The second-order valence-electron chi connectivity index (χ2n) is 7.36. The van der Waals surface area contributed by atoms with Gasteiger partial charge in [-0.15, -0.1) is 0 Å². The molecule has 3 nitrogen and oxygen atoms in total. The van der Waals surface area contributed by atoms with Gasteiger partial charge >= 0.3 is 6.18 Å². The lowest BCUT2D eigenvalue weighted by Crippen LogP contribution is -2.18. The van der Waals surface area contributed by atoms with E-state index in [1.165, 1.54) is 3.97 Å². The van der Waals surface area contributed by atoms with Gasteiger partial charge in [0.05, 0.1) is 21.5 Å². The molecule has 0 spiro atoms. The number of halogens is 3. The zero-order valence-corrected chi connectivity index (χ0v) is 16.1. The molecule has 1 aliphatic heterocycles. The van der Waals surface area contributed by atoms with Crippen LogP contribution < -0.4 is 0 Å². The number of rotatable bonds is 0. The molecule has 0 unspecified atom stereocenters. The van der Waals surface area contributed by atoms with Gasteiger partial charge in [0.1, 0.15) is 0 Å². The Bertz CT molecular complexity index is 1650. The van der Waals surface area contributed by atoms with E-state index in [0.29, 0.717) is 16.6 Å². The van der Waals surface area contributed by atoms with Crippen molar-refractivity contribution in [1.82, 2.24) is 3.97 Å². The maximum absolute atomic E-state index is 13.5. The van der Waals surface area contributed by atoms with E-state index >= 15 is 0 Å². The average molecular weight is 423 g/mol. The van der Waals surface area contributed by atoms with Crippen LogP contribution in [0, 0.1) is 0 Å². The molecule has 0 saturated heterocycles. The standard InChI is InChI=1S/C23H12F3NO2S/c24-23(25,26)14-9-10-20-17(12-14)18-11-13-5-1-2-6-15(13)21-16-7-3-4-8-19(16)27(22(18)21)30(20,28)29/h1-12H. The Hall–Kier alpha value is -3.32. The van der Waals surface area contributed by atoms with E-state index in [2.05, 4.69) is 0 Å². The van der Waals surface area contributed by atoms with Crippen molar-refractivity contribution < 1.29 is 21.6 Å². The number of para-hydroxylation sites is 1. The zero-order valence-electron chi connectivity index (χ0n) is 15.2. The minimum Gasteiger partial charge on any atom is -0.233 e. The third-order valence-electron chi connectivity index (χ3n) is 5.73. The van der Waals surface area contributed by atoms with Crippen LogP contribution in [0.2, 0.25) is 0 Å². The smallest absolute Gasteiger partial charge is 0.233 e. The van der Waals surface area contributed by atoms with Gasteiger partial charge < -0.3 is 0 Å². The fourth-order valence-electron chi connectivity index (χ4n) is 4.50. The van der Waals surface area contributed by atoms with Crippen molar-refractivity contribution >= 4 is 42.6 Å². The second kappa shape index (κ2) is 5.43. The van der Waals surface area contributed by atoms with Crippen LogP contribution in [-0.4, -0.2) is 12.4 Å². The Morgan fingerprint density at radius 2 is 1.47 bits per heavy atom. The number of fused-ring (bicyclic) bond motifs is 7. The van der Waals surface area contributed by atoms with Gasteiger partial charge in [0.2, 0.25) is 0 Å². The molecule has 0 N–H and O–H groups in total. The van der Waals surface area contributed by atoms with Gasteiger partial charge in [-0.1, -0.05) is 42.5 Å². The predicted molar refractivity (Wildman–Crippen MR) is 110 cm³/mol. The quantitative estimate of drug-likeness (QED) is 0.292. The molecule has 6 rings (SSSR count). The minimum atomic E-state index is -4.57. The van der Waals surface area contributed by atoms with Gasteiger partial charge in [-0.05, 0) is 41.1 Å². The van der Waals surface area contributed by atoms with Crippen molar-refractivity contribution in [2.75, 3.05) is 0 Å². The van der Waals surface area contributed by atoms with Crippen molar-refractivity contribution in [3.8, 4) is 11.1 Å². The Labute approximate surface area is 169 Å². The van der Waals surface area contributed by atoms with E-state index < -0.39 is 21.8 Å². The monoisotopic (exact) mass is 423 g/mol. The predicted octanol–water partition coefficient (Wildman–Crippen LogP) is 6.18. The summed E-state index contributed by atoms with van der Waals surface area (Å²) >= 11 is 0. The van der Waals surface area contributed by atoms with Gasteiger partial charge in [-0.2, -0.15) is 13.2 Å². The molecular formula is C23H12F3NO2S. The highest BCUT2D eigenvalue weighted by molar-refractivity contribution is 7.90. The Kier molecular flexibility index (Phi) is 3.17. The maximum atomic E-state index is 13.5. The third kappa shape index (κ3) is 2.07. The van der Waals surface area contributed by atoms with Crippen LogP contribution in [0.4, 0.5) is 13.2 Å². The van der Waals surface area contributed by atoms with Crippen LogP contribution in [-0.2, 0) is 16.2 Å². The molecule has 0 amide bonds. The summed E-state index contributed by atoms with van der Waals surface area (Å²) in [7, 11) is -4.07. The largest absolute Gasteiger partial charge is 0.416 e. The molecule has 2 heterocycles. The molecule has 0 aliphatic carbocycles. The summed E-state index contributed by atoms with van der Waals surface area (Å²) in [6, 6.07) is 19.3. The molecule has 30 heavy (non-hydrogen) atoms. The summed E-state index contributed by atoms with van der Waals surface area (Å²) in [6.45, 7) is 0. The number of hydrogen-bond donors (Lipinski definition) is 0. The van der Waals surface area contributed by atoms with Crippen molar-refractivity contribution in [1.29, 1.82) is 0 Å². The molecule has 148 valence electrons. The lowest BCUT2D eigenvalue weighted by atomic mass is 9.95. The highest BCUT2D eigenvalue weighted by atomic mass is 32.2. The molecule has 1 aromatic heterocycles. The Morgan fingerprint density at radius 1 is 0.767 bits per heavy atom. The number of alkyl halides is 3. The molecule has 0 fully saturated rings. The first-order chi connectivity index (χ1) is 14.3. The molecule has 0 atom stereocenters. The second-order valence-corrected chi connectivity index (χ2v) is 9.12. The molecule has 4 aromatic carbocycles. The third-order valence-corrected chi connectivity index (χ3v) is 7.50. The van der Waals surface area contributed by atoms with Crippen LogP contribution in [0.3, 0.4) is 0 Å². The summed E-state index contributed by atoms with van der Waals surface area (Å²) in [5, 5.41) is 3.17. The first kappa shape index (κ1) is 17.5. The van der Waals surface area contributed by atoms with E-state index in [1.54, 1.807) is 18.2 Å². The minimum absolute atomic E-state index is 0.0795. The topological polar surface area (TPSA) is 39.1 Å². The number of aromatic nitrogens is 1. The molecular weight excluding hydrogens is 411 g/mol. The Balaban J connectivity index is 1.93. The van der Waals surface area contributed by atoms with Gasteiger partial charge in [-0.3, -0.25) is 0 Å². The van der Waals surface area contributed by atoms with Crippen LogP contribution in [0.1, 0.15) is 5.56 Å². The zero-order chi connectivity index (χ0) is 20.8. The van der Waals surface area contributed by atoms with E-state index in [4.69, 9.17) is 0 Å². The number of benzene rings is 4. The van der Waals surface area contributed by atoms with E-state index in [9.17, 15) is 21.6 Å². The molecule has 5 aromatic rings. The molecule has 0 bridgehead atoms. The van der Waals surface area contributed by atoms with Gasteiger partial charge in [-0.25, -0.2) is 12.4 Å². The average Bonchev–Trinajstić information content (AvgIpc) is 3.08. The lowest BCUT2D eigenvalue weighted by Gasteiger charge is -2.22. The van der Waals surface area contributed by atoms with Gasteiger partial charge in [0, 0.05) is 21.9 Å². The Morgan fingerprint density at radius 3 is 2.23 bits per heavy atom. The first-order valence-electron chi connectivity index (χ1n) is 9.20. The maximum Gasteiger partial charge on any atom is 0.416 e. The molecule has 1 aliphatic rings. The van der Waals surface area contributed by atoms with Crippen molar-refractivity contribution in [2.24, 2.45) is 0 Å². The van der Waals surface area contributed by atoms with Crippen LogP contribution in [0.5, 0.6) is 0 Å². The molecule has 0 radical (unpaired) electrons. The molecule has 0 saturated carbocycles. The van der Waals surface area contributed by atoms with Crippen LogP contribution in [0.15, 0.2) is 77.7 Å². The van der Waals surface area contributed by atoms with Crippen LogP contribution >= 0.6 is 0 Å². The normalized spacial score (nSPS) is 15.0. The highest BCUT2D eigenvalue weighted by Crippen LogP contribution is 2.48. The SMILES string of the molecule is O=S1(=O)c2ccc(C(F)(F)F)cc2-c2cc3ccccc3c3c4ccccc4n1c23. The van der Waals surface area contributed by atoms with E-state index in [0.717, 1.165) is 39.7 Å². The number of nitrogens with zero attached hydrogens (tertiary/aromatic N) is 1. The van der Waals surface area contributed by atoms with E-state index in [1.807, 2.05) is 36.4 Å². The summed E-state index contributed by atoms with van der Waals surface area (Å²) in [4.78, 5) is -0.124.